The molecule has 0 unspecified atom stereocenters. The Bertz CT molecular complexity index is 1910. The number of hydrogen-bond acceptors (Lipinski definition) is 6. The van der Waals surface area contributed by atoms with Gasteiger partial charge in [-0.2, -0.15) is 0 Å². The van der Waals surface area contributed by atoms with Crippen molar-refractivity contribution in [3.8, 4) is 11.5 Å². The van der Waals surface area contributed by atoms with Crippen LogP contribution in [0.25, 0.3) is 0 Å². The molecule has 46 heavy (non-hydrogen) atoms. The van der Waals surface area contributed by atoms with E-state index in [0.717, 1.165) is 16.7 Å². The van der Waals surface area contributed by atoms with Crippen molar-refractivity contribution in [1.82, 2.24) is 0 Å². The summed E-state index contributed by atoms with van der Waals surface area (Å²) < 4.78 is 6.00. The predicted molar refractivity (Wildman–Crippen MR) is 182 cm³/mol. The molecule has 2 aliphatic carbocycles. The Morgan fingerprint density at radius 2 is 1.35 bits per heavy atom. The lowest BCUT2D eigenvalue weighted by Gasteiger charge is -2.44. The highest BCUT2D eigenvalue weighted by Crippen LogP contribution is 2.59. The van der Waals surface area contributed by atoms with Gasteiger partial charge in [-0.05, 0) is 108 Å². The van der Waals surface area contributed by atoms with E-state index in [4.69, 9.17) is 27.9 Å². The number of phenolic OH excluding ortho intramolecular Hbond substituents is 1. The highest BCUT2D eigenvalue weighted by atomic mass is 127. The summed E-state index contributed by atoms with van der Waals surface area (Å²) in [5.74, 6) is -5.03. The predicted octanol–water partition coefficient (Wildman–Crippen LogP) is 6.97. The van der Waals surface area contributed by atoms with E-state index in [-0.39, 0.29) is 41.5 Å². The number of amides is 4. The van der Waals surface area contributed by atoms with Crippen molar-refractivity contribution in [2.45, 2.75) is 32.6 Å². The fourth-order valence-electron chi connectivity index (χ4n) is 7.84. The van der Waals surface area contributed by atoms with E-state index in [1.807, 2.05) is 42.5 Å². The summed E-state index contributed by atoms with van der Waals surface area (Å²) in [6, 6.07) is 13.7. The average molecular weight is 771 g/mol. The molecular formula is C35H29Cl2IN2O6. The molecule has 3 fully saturated rings. The van der Waals surface area contributed by atoms with Crippen molar-refractivity contribution in [1.29, 1.82) is 0 Å². The Morgan fingerprint density at radius 3 is 1.91 bits per heavy atom. The molecule has 0 radical (unpaired) electrons. The molecule has 3 aromatic carbocycles. The number of aromatic hydroxyl groups is 1. The van der Waals surface area contributed by atoms with Crippen LogP contribution in [-0.2, 0) is 19.2 Å². The lowest BCUT2D eigenvalue weighted by atomic mass is 9.57. The van der Waals surface area contributed by atoms with Crippen molar-refractivity contribution in [3.63, 3.8) is 0 Å². The topological polar surface area (TPSA) is 104 Å². The number of ether oxygens (including phenoxy) is 1. The number of rotatable bonds is 4. The zero-order chi connectivity index (χ0) is 32.8. The molecule has 2 aliphatic heterocycles. The second-order valence-electron chi connectivity index (χ2n) is 12.5. The SMILES string of the molecule is COc1cc([C@H]2C3=CC[C@@H]4C(=O)N(c5ccc(C)c(Cl)c5)C(=O)[C@@H]4[C@@H]3C[C@H]3C(=O)N(c4ccc(C)c(Cl)c4)C(=O)[C@@H]23)cc(I)c1O. The van der Waals surface area contributed by atoms with Gasteiger partial charge in [0.25, 0.3) is 0 Å². The van der Waals surface area contributed by atoms with Crippen LogP contribution in [0.5, 0.6) is 11.5 Å². The first-order valence-corrected chi connectivity index (χ1v) is 16.8. The minimum absolute atomic E-state index is 0.0258. The third kappa shape index (κ3) is 4.60. The summed E-state index contributed by atoms with van der Waals surface area (Å²) in [4.78, 5) is 59.1. The first kappa shape index (κ1) is 31.2. The second kappa shape index (κ2) is 11.4. The van der Waals surface area contributed by atoms with Gasteiger partial charge in [-0.3, -0.25) is 19.2 Å². The number of halogens is 3. The fourth-order valence-corrected chi connectivity index (χ4v) is 8.82. The Morgan fingerprint density at radius 1 is 0.783 bits per heavy atom. The quantitative estimate of drug-likeness (QED) is 0.175. The number of hydrogen-bond donors (Lipinski definition) is 1. The molecular weight excluding hydrogens is 742 g/mol. The Kier molecular flexibility index (Phi) is 7.72. The van der Waals surface area contributed by atoms with E-state index in [1.165, 1.54) is 16.9 Å². The summed E-state index contributed by atoms with van der Waals surface area (Å²) in [7, 11) is 1.45. The minimum Gasteiger partial charge on any atom is -0.504 e. The molecule has 4 amide bonds. The number of anilines is 2. The van der Waals surface area contributed by atoms with Crippen LogP contribution in [0.2, 0.25) is 10.0 Å². The number of phenols is 1. The lowest BCUT2D eigenvalue weighted by molar-refractivity contribution is -0.126. The molecule has 7 rings (SSSR count). The van der Waals surface area contributed by atoms with Crippen LogP contribution in [-0.4, -0.2) is 35.8 Å². The third-order valence-corrected chi connectivity index (χ3v) is 11.7. The smallest absolute Gasteiger partial charge is 0.238 e. The van der Waals surface area contributed by atoms with Gasteiger partial charge in [-0.1, -0.05) is 47.0 Å². The summed E-state index contributed by atoms with van der Waals surface area (Å²) in [5.41, 5.74) is 3.99. The van der Waals surface area contributed by atoms with Gasteiger partial charge in [0.05, 0.1) is 45.7 Å². The molecule has 1 N–H and O–H groups in total. The number of carbonyl (C=O) groups is 4. The van der Waals surface area contributed by atoms with E-state index < -0.39 is 35.5 Å². The molecule has 1 saturated carbocycles. The molecule has 2 heterocycles. The van der Waals surface area contributed by atoms with Crippen molar-refractivity contribution >= 4 is 80.8 Å². The normalized spacial score (nSPS) is 27.0. The number of fused-ring (bicyclic) bond motifs is 4. The number of benzene rings is 3. The van der Waals surface area contributed by atoms with Crippen LogP contribution in [0.1, 0.15) is 35.4 Å². The van der Waals surface area contributed by atoms with Gasteiger partial charge in [0.1, 0.15) is 0 Å². The summed E-state index contributed by atoms with van der Waals surface area (Å²) >= 11 is 14.8. The van der Waals surface area contributed by atoms with Gasteiger partial charge in [-0.15, -0.1) is 0 Å². The number of nitrogens with zero attached hydrogens (tertiary/aromatic N) is 2. The Balaban J connectivity index is 1.36. The zero-order valence-corrected chi connectivity index (χ0v) is 28.8. The van der Waals surface area contributed by atoms with E-state index in [0.29, 0.717) is 37.0 Å². The first-order chi connectivity index (χ1) is 21.9. The van der Waals surface area contributed by atoms with E-state index >= 15 is 0 Å². The van der Waals surface area contributed by atoms with Crippen LogP contribution < -0.4 is 14.5 Å². The Labute approximate surface area is 289 Å². The van der Waals surface area contributed by atoms with E-state index in [9.17, 15) is 24.3 Å². The number of aryl methyl sites for hydroxylation is 2. The fraction of sp³-hybridized carbons (Fsp3) is 0.314. The van der Waals surface area contributed by atoms with Gasteiger partial charge < -0.3 is 9.84 Å². The molecule has 236 valence electrons. The summed E-state index contributed by atoms with van der Waals surface area (Å²) in [6.07, 6.45) is 2.54. The number of carbonyl (C=O) groups excluding carboxylic acids is 4. The second-order valence-corrected chi connectivity index (χ2v) is 14.4. The highest BCUT2D eigenvalue weighted by molar-refractivity contribution is 14.1. The largest absolute Gasteiger partial charge is 0.504 e. The van der Waals surface area contributed by atoms with Crippen molar-refractivity contribution in [2.24, 2.45) is 29.6 Å². The molecule has 2 saturated heterocycles. The van der Waals surface area contributed by atoms with Crippen LogP contribution in [0, 0.1) is 47.0 Å². The molecule has 3 aromatic rings. The van der Waals surface area contributed by atoms with Crippen LogP contribution >= 0.6 is 45.8 Å². The zero-order valence-electron chi connectivity index (χ0n) is 25.1. The van der Waals surface area contributed by atoms with Gasteiger partial charge in [0, 0.05) is 16.0 Å². The lowest BCUT2D eigenvalue weighted by Crippen LogP contribution is -2.43. The van der Waals surface area contributed by atoms with Gasteiger partial charge in [0.15, 0.2) is 11.5 Å². The summed E-state index contributed by atoms with van der Waals surface area (Å²) in [6.45, 7) is 3.69. The molecule has 0 spiro atoms. The van der Waals surface area contributed by atoms with Gasteiger partial charge in [0.2, 0.25) is 23.6 Å². The molecule has 4 aliphatic rings. The maximum Gasteiger partial charge on any atom is 0.238 e. The number of methoxy groups -OCH3 is 1. The molecule has 6 atom stereocenters. The standard InChI is InChI=1S/C35H29Cl2IN2O6/c1-15-4-6-18(12-24(15)36)39-32(42)21-9-8-20-22(29(21)34(39)44)14-23-30(28(20)17-10-26(38)31(41)27(11-17)46-3)35(45)40(33(23)43)19-7-5-16(2)25(37)13-19/h4-8,10-13,21-23,28-30,41H,9,14H2,1-3H3/t21-,22+,23+,28-,29-,30+/m0/s1. The maximum atomic E-state index is 14.4. The number of imide groups is 2. The minimum atomic E-state index is -0.768. The van der Waals surface area contributed by atoms with Gasteiger partial charge >= 0.3 is 0 Å². The average Bonchev–Trinajstić information content (AvgIpc) is 3.44. The van der Waals surface area contributed by atoms with Gasteiger partial charge in [-0.25, -0.2) is 9.80 Å². The maximum absolute atomic E-state index is 14.4. The number of allylic oxidation sites excluding steroid dienone is 2. The first-order valence-electron chi connectivity index (χ1n) is 15.0. The Hall–Kier alpha value is -3.41. The third-order valence-electron chi connectivity index (χ3n) is 10.1. The summed E-state index contributed by atoms with van der Waals surface area (Å²) in [5, 5.41) is 11.5. The molecule has 8 nitrogen and oxygen atoms in total. The van der Waals surface area contributed by atoms with E-state index in [2.05, 4.69) is 0 Å². The van der Waals surface area contributed by atoms with Crippen LogP contribution in [0.15, 0.2) is 60.2 Å². The molecule has 0 aromatic heterocycles. The van der Waals surface area contributed by atoms with E-state index in [1.54, 1.807) is 48.5 Å². The monoisotopic (exact) mass is 770 g/mol. The highest BCUT2D eigenvalue weighted by Gasteiger charge is 2.62. The van der Waals surface area contributed by atoms with Crippen molar-refractivity contribution in [2.75, 3.05) is 16.9 Å². The molecule has 11 heteroatoms. The molecule has 0 bridgehead atoms. The van der Waals surface area contributed by atoms with Crippen molar-refractivity contribution < 1.29 is 29.0 Å². The van der Waals surface area contributed by atoms with Crippen LogP contribution in [0.4, 0.5) is 11.4 Å². The van der Waals surface area contributed by atoms with Crippen LogP contribution in [0.3, 0.4) is 0 Å². The van der Waals surface area contributed by atoms with Crippen molar-refractivity contribution in [3.05, 3.63) is 90.5 Å².